The van der Waals surface area contributed by atoms with Gasteiger partial charge in [0.15, 0.2) is 5.78 Å². The van der Waals surface area contributed by atoms with E-state index in [2.05, 4.69) is 41.8 Å². The summed E-state index contributed by atoms with van der Waals surface area (Å²) in [5, 5.41) is 9.51. The maximum Gasteiger partial charge on any atom is 0.251 e. The number of carbonyl (C=O) groups is 2. The number of methoxy groups -OCH3 is 1. The van der Waals surface area contributed by atoms with Gasteiger partial charge < -0.3 is 25.4 Å². The van der Waals surface area contributed by atoms with E-state index in [4.69, 9.17) is 9.47 Å². The molecule has 1 amide bonds. The van der Waals surface area contributed by atoms with Gasteiger partial charge in [0, 0.05) is 18.0 Å². The zero-order valence-electron chi connectivity index (χ0n) is 19.8. The van der Waals surface area contributed by atoms with Gasteiger partial charge in [0.25, 0.3) is 5.91 Å². The Morgan fingerprint density at radius 3 is 2.78 bits per heavy atom. The molecular weight excluding hydrogens is 526 g/mol. The number of amides is 1. The normalized spacial score (nSPS) is 15.3. The van der Waals surface area contributed by atoms with E-state index >= 15 is 0 Å². The molecular formula is C26H26BrN5O4. The average Bonchev–Trinajstić information content (AvgIpc) is 3.28. The van der Waals surface area contributed by atoms with E-state index in [0.29, 0.717) is 39.2 Å². The molecule has 186 valence electrons. The molecule has 0 radical (unpaired) electrons. The summed E-state index contributed by atoms with van der Waals surface area (Å²) in [7, 11) is 1.54. The van der Waals surface area contributed by atoms with Crippen molar-refractivity contribution in [2.75, 3.05) is 25.5 Å². The van der Waals surface area contributed by atoms with Crippen LogP contribution in [0.4, 0.5) is 11.6 Å². The Balaban J connectivity index is 1.34. The zero-order chi connectivity index (χ0) is 25.1. The van der Waals surface area contributed by atoms with Crippen molar-refractivity contribution in [3.63, 3.8) is 0 Å². The quantitative estimate of drug-likeness (QED) is 0.396. The molecule has 3 N–H and O–H groups in total. The lowest BCUT2D eigenvalue weighted by atomic mass is 10.1. The van der Waals surface area contributed by atoms with Crippen molar-refractivity contribution in [1.29, 1.82) is 0 Å². The standard InChI is InChI=1S/C26H26BrN5O4/c1-35-22-13-16(24(34)30-17-9-11-28-12-10-17)5-7-19(22)31-26-29-14-18(27)25(32-26)36-21-4-2-3-15-6-8-20(33)23(15)21/h2-5,7,13-14,17,28H,6,8-12H2,1H3,(H,30,34)(H,29,31,32). The van der Waals surface area contributed by atoms with E-state index in [1.165, 1.54) is 0 Å². The minimum absolute atomic E-state index is 0.0677. The van der Waals surface area contributed by atoms with Crippen molar-refractivity contribution in [1.82, 2.24) is 20.6 Å². The minimum atomic E-state index is -0.132. The summed E-state index contributed by atoms with van der Waals surface area (Å²) in [6.07, 6.45) is 4.60. The SMILES string of the molecule is COc1cc(C(=O)NC2CCNCC2)ccc1Nc1ncc(Br)c(Oc2cccc3c2C(=O)CC3)n1. The number of hydrogen-bond donors (Lipinski definition) is 3. The van der Waals surface area contributed by atoms with Crippen molar-refractivity contribution in [2.24, 2.45) is 0 Å². The summed E-state index contributed by atoms with van der Waals surface area (Å²) in [5.74, 6) is 1.44. The second kappa shape index (κ2) is 10.6. The summed E-state index contributed by atoms with van der Waals surface area (Å²) in [4.78, 5) is 33.9. The number of benzene rings is 2. The van der Waals surface area contributed by atoms with E-state index in [-0.39, 0.29) is 29.6 Å². The molecule has 1 aliphatic heterocycles. The van der Waals surface area contributed by atoms with Gasteiger partial charge in [0.05, 0.1) is 29.0 Å². The number of anilines is 2. The lowest BCUT2D eigenvalue weighted by Crippen LogP contribution is -2.42. The summed E-state index contributed by atoms with van der Waals surface area (Å²) in [6, 6.07) is 10.9. The monoisotopic (exact) mass is 551 g/mol. The van der Waals surface area contributed by atoms with Gasteiger partial charge in [-0.15, -0.1) is 0 Å². The molecule has 1 saturated heterocycles. The molecule has 10 heteroatoms. The van der Waals surface area contributed by atoms with Crippen LogP contribution >= 0.6 is 15.9 Å². The van der Waals surface area contributed by atoms with Gasteiger partial charge in [-0.1, -0.05) is 12.1 Å². The molecule has 0 spiro atoms. The molecule has 0 saturated carbocycles. The molecule has 2 aromatic carbocycles. The van der Waals surface area contributed by atoms with Gasteiger partial charge in [-0.2, -0.15) is 4.98 Å². The van der Waals surface area contributed by atoms with Gasteiger partial charge in [-0.05, 0) is 78.1 Å². The number of carbonyl (C=O) groups excluding carboxylic acids is 2. The number of aromatic nitrogens is 2. The third-order valence-electron chi connectivity index (χ3n) is 6.32. The smallest absolute Gasteiger partial charge is 0.251 e. The van der Waals surface area contributed by atoms with Crippen LogP contribution in [0.3, 0.4) is 0 Å². The molecule has 1 fully saturated rings. The molecule has 36 heavy (non-hydrogen) atoms. The van der Waals surface area contributed by atoms with E-state index < -0.39 is 0 Å². The molecule has 1 aromatic heterocycles. The highest BCUT2D eigenvalue weighted by atomic mass is 79.9. The summed E-state index contributed by atoms with van der Waals surface area (Å²) < 4.78 is 12.1. The number of rotatable bonds is 7. The molecule has 5 rings (SSSR count). The topological polar surface area (TPSA) is 114 Å². The van der Waals surface area contributed by atoms with Crippen molar-refractivity contribution < 1.29 is 19.1 Å². The van der Waals surface area contributed by atoms with Crippen LogP contribution in [0, 0.1) is 0 Å². The maximum atomic E-state index is 12.7. The van der Waals surface area contributed by atoms with Crippen LogP contribution in [-0.4, -0.2) is 47.9 Å². The highest BCUT2D eigenvalue weighted by Gasteiger charge is 2.25. The Hall–Kier alpha value is -3.50. The van der Waals surface area contributed by atoms with Crippen molar-refractivity contribution in [3.8, 4) is 17.4 Å². The first-order valence-electron chi connectivity index (χ1n) is 11.8. The molecule has 9 nitrogen and oxygen atoms in total. The number of ketones is 1. The average molecular weight is 552 g/mol. The van der Waals surface area contributed by atoms with E-state index in [1.54, 1.807) is 37.6 Å². The first-order chi connectivity index (χ1) is 17.5. The summed E-state index contributed by atoms with van der Waals surface area (Å²) in [6.45, 7) is 1.80. The fourth-order valence-corrected chi connectivity index (χ4v) is 4.71. The molecule has 1 aliphatic carbocycles. The van der Waals surface area contributed by atoms with E-state index in [0.717, 1.165) is 37.9 Å². The van der Waals surface area contributed by atoms with Crippen molar-refractivity contribution >= 4 is 39.3 Å². The van der Waals surface area contributed by atoms with E-state index in [9.17, 15) is 9.59 Å². The van der Waals surface area contributed by atoms with Crippen molar-refractivity contribution in [2.45, 2.75) is 31.7 Å². The maximum absolute atomic E-state index is 12.7. The number of ether oxygens (including phenoxy) is 2. The third-order valence-corrected chi connectivity index (χ3v) is 6.86. The molecule has 0 unspecified atom stereocenters. The van der Waals surface area contributed by atoms with Crippen LogP contribution in [-0.2, 0) is 6.42 Å². The highest BCUT2D eigenvalue weighted by Crippen LogP contribution is 2.36. The fourth-order valence-electron chi connectivity index (χ4n) is 4.44. The molecule has 0 bridgehead atoms. The van der Waals surface area contributed by atoms with Gasteiger partial charge in [0.1, 0.15) is 11.5 Å². The van der Waals surface area contributed by atoms with Gasteiger partial charge >= 0.3 is 0 Å². The Morgan fingerprint density at radius 2 is 1.97 bits per heavy atom. The second-order valence-electron chi connectivity index (χ2n) is 8.70. The Labute approximate surface area is 217 Å². The van der Waals surface area contributed by atoms with Crippen LogP contribution < -0.4 is 25.4 Å². The van der Waals surface area contributed by atoms with Crippen LogP contribution in [0.5, 0.6) is 17.4 Å². The van der Waals surface area contributed by atoms with Gasteiger partial charge in [-0.25, -0.2) is 4.98 Å². The number of nitrogens with one attached hydrogen (secondary N) is 3. The number of halogens is 1. The van der Waals surface area contributed by atoms with Gasteiger partial charge in [-0.3, -0.25) is 9.59 Å². The first-order valence-corrected chi connectivity index (χ1v) is 12.6. The highest BCUT2D eigenvalue weighted by molar-refractivity contribution is 9.10. The van der Waals surface area contributed by atoms with Gasteiger partial charge in [0.2, 0.25) is 11.8 Å². The Morgan fingerprint density at radius 1 is 1.14 bits per heavy atom. The molecule has 3 aromatic rings. The second-order valence-corrected chi connectivity index (χ2v) is 9.55. The summed E-state index contributed by atoms with van der Waals surface area (Å²) in [5.41, 5.74) is 2.70. The number of fused-ring (bicyclic) bond motifs is 1. The van der Waals surface area contributed by atoms with Crippen molar-refractivity contribution in [3.05, 3.63) is 63.8 Å². The number of Topliss-reactive ketones (excluding diaryl/α,β-unsaturated/α-hetero) is 1. The lowest BCUT2D eigenvalue weighted by Gasteiger charge is -2.23. The first kappa shape index (κ1) is 24.2. The number of hydrogen-bond acceptors (Lipinski definition) is 8. The molecule has 0 atom stereocenters. The fraction of sp³-hybridized carbons (Fsp3) is 0.308. The molecule has 2 heterocycles. The number of nitrogens with zero attached hydrogens (tertiary/aromatic N) is 2. The van der Waals surface area contributed by atoms with Crippen LogP contribution in [0.25, 0.3) is 0 Å². The lowest BCUT2D eigenvalue weighted by molar-refractivity contribution is 0.0928. The predicted molar refractivity (Wildman–Crippen MR) is 139 cm³/mol. The summed E-state index contributed by atoms with van der Waals surface area (Å²) >= 11 is 3.43. The molecule has 2 aliphatic rings. The Kier molecular flexibility index (Phi) is 7.15. The number of aryl methyl sites for hydroxylation is 1. The van der Waals surface area contributed by atoms with Crippen LogP contribution in [0.15, 0.2) is 47.1 Å². The van der Waals surface area contributed by atoms with Crippen LogP contribution in [0.2, 0.25) is 0 Å². The predicted octanol–water partition coefficient (Wildman–Crippen LogP) is 4.39. The zero-order valence-corrected chi connectivity index (χ0v) is 21.4. The minimum Gasteiger partial charge on any atom is -0.495 e. The Bertz CT molecular complexity index is 1310. The van der Waals surface area contributed by atoms with E-state index in [1.807, 2.05) is 12.1 Å². The van der Waals surface area contributed by atoms with Crippen LogP contribution in [0.1, 0.15) is 45.5 Å². The number of piperidine rings is 1. The largest absolute Gasteiger partial charge is 0.495 e. The third kappa shape index (κ3) is 5.19.